The number of hydrogen-bond donors (Lipinski definition) is 1. The second kappa shape index (κ2) is 8.35. The Balaban J connectivity index is 1.29. The van der Waals surface area contributed by atoms with E-state index in [0.717, 1.165) is 57.1 Å². The average molecular weight is 367 g/mol. The first-order chi connectivity index (χ1) is 13.3. The van der Waals surface area contributed by atoms with Gasteiger partial charge in [-0.3, -0.25) is 4.79 Å². The zero-order chi connectivity index (χ0) is 18.5. The zero-order valence-corrected chi connectivity index (χ0v) is 15.4. The molecule has 27 heavy (non-hydrogen) atoms. The van der Waals surface area contributed by atoms with Gasteiger partial charge in [-0.2, -0.15) is 0 Å². The van der Waals surface area contributed by atoms with Gasteiger partial charge in [0.05, 0.1) is 18.0 Å². The Morgan fingerprint density at radius 3 is 2.63 bits per heavy atom. The number of carbonyl (C=O) groups is 1. The molecule has 7 heteroatoms. The molecule has 4 heterocycles. The van der Waals surface area contributed by atoms with E-state index in [0.29, 0.717) is 12.2 Å². The van der Waals surface area contributed by atoms with Gasteiger partial charge in [-0.1, -0.05) is 6.07 Å². The van der Waals surface area contributed by atoms with Crippen LogP contribution in [0.4, 0.5) is 11.5 Å². The number of nitrogens with zero attached hydrogens (tertiary/aromatic N) is 4. The van der Waals surface area contributed by atoms with E-state index in [1.807, 2.05) is 30.5 Å². The summed E-state index contributed by atoms with van der Waals surface area (Å²) in [6.45, 7) is 4.99. The lowest BCUT2D eigenvalue weighted by molar-refractivity contribution is 0.0853. The molecular weight excluding hydrogens is 342 g/mol. The molecule has 1 atom stereocenters. The first-order valence-electron chi connectivity index (χ1n) is 9.56. The van der Waals surface area contributed by atoms with Crippen molar-refractivity contribution in [3.05, 3.63) is 48.4 Å². The van der Waals surface area contributed by atoms with Crippen molar-refractivity contribution in [3.8, 4) is 0 Å². The van der Waals surface area contributed by atoms with Crippen LogP contribution in [-0.2, 0) is 4.74 Å². The maximum absolute atomic E-state index is 12.2. The number of aromatic nitrogens is 2. The van der Waals surface area contributed by atoms with Gasteiger partial charge in [-0.25, -0.2) is 9.97 Å². The molecule has 1 amide bonds. The van der Waals surface area contributed by atoms with Crippen LogP contribution >= 0.6 is 0 Å². The molecule has 0 aliphatic carbocycles. The summed E-state index contributed by atoms with van der Waals surface area (Å²) >= 11 is 0. The minimum absolute atomic E-state index is 0.142. The van der Waals surface area contributed by atoms with Crippen LogP contribution in [0.5, 0.6) is 0 Å². The van der Waals surface area contributed by atoms with Crippen LogP contribution in [0.3, 0.4) is 0 Å². The molecule has 142 valence electrons. The van der Waals surface area contributed by atoms with Crippen molar-refractivity contribution in [2.75, 3.05) is 49.1 Å². The van der Waals surface area contributed by atoms with Crippen LogP contribution in [0, 0.1) is 0 Å². The predicted octanol–water partition coefficient (Wildman–Crippen LogP) is 1.71. The molecule has 0 saturated carbocycles. The molecule has 0 bridgehead atoms. The van der Waals surface area contributed by atoms with E-state index in [-0.39, 0.29) is 12.0 Å². The van der Waals surface area contributed by atoms with Crippen LogP contribution < -0.4 is 15.1 Å². The summed E-state index contributed by atoms with van der Waals surface area (Å²) in [5, 5.41) is 2.91. The standard InChI is InChI=1S/C20H25N5O2/c26-20(23-15-17-4-3-13-27-17)18-7-6-16(14-22-18)24-9-11-25(12-10-24)19-5-1-2-8-21-19/h1-2,5-8,14,17H,3-4,9-13,15H2,(H,23,26). The summed E-state index contributed by atoms with van der Waals surface area (Å²) in [5.41, 5.74) is 1.50. The molecule has 2 saturated heterocycles. The Morgan fingerprint density at radius 2 is 1.96 bits per heavy atom. The van der Waals surface area contributed by atoms with Gasteiger partial charge in [0.15, 0.2) is 0 Å². The van der Waals surface area contributed by atoms with Crippen molar-refractivity contribution in [2.45, 2.75) is 18.9 Å². The minimum atomic E-state index is -0.142. The van der Waals surface area contributed by atoms with E-state index in [1.54, 1.807) is 12.3 Å². The fourth-order valence-corrected chi connectivity index (χ4v) is 3.54. The van der Waals surface area contributed by atoms with E-state index < -0.39 is 0 Å². The molecule has 2 aromatic rings. The molecule has 2 aliphatic rings. The van der Waals surface area contributed by atoms with E-state index in [4.69, 9.17) is 4.74 Å². The maximum atomic E-state index is 12.2. The topological polar surface area (TPSA) is 70.6 Å². The lowest BCUT2D eigenvalue weighted by Gasteiger charge is -2.36. The van der Waals surface area contributed by atoms with E-state index in [9.17, 15) is 4.79 Å². The Hall–Kier alpha value is -2.67. The average Bonchev–Trinajstić information content (AvgIpc) is 3.27. The van der Waals surface area contributed by atoms with Gasteiger partial charge >= 0.3 is 0 Å². The molecule has 2 aliphatic heterocycles. The van der Waals surface area contributed by atoms with Crippen LogP contribution in [0.25, 0.3) is 0 Å². The number of amides is 1. The summed E-state index contributed by atoms with van der Waals surface area (Å²) in [7, 11) is 0. The predicted molar refractivity (Wildman–Crippen MR) is 104 cm³/mol. The van der Waals surface area contributed by atoms with Crippen molar-refractivity contribution >= 4 is 17.4 Å². The third-order valence-electron chi connectivity index (χ3n) is 5.11. The van der Waals surface area contributed by atoms with Crippen LogP contribution in [0.1, 0.15) is 23.3 Å². The Labute approximate surface area is 159 Å². The van der Waals surface area contributed by atoms with E-state index in [1.165, 1.54) is 0 Å². The molecule has 0 radical (unpaired) electrons. The van der Waals surface area contributed by atoms with Crippen LogP contribution in [-0.4, -0.2) is 61.3 Å². The van der Waals surface area contributed by atoms with Gasteiger partial charge in [0.25, 0.3) is 5.91 Å². The highest BCUT2D eigenvalue weighted by Crippen LogP contribution is 2.18. The number of ether oxygens (including phenoxy) is 1. The van der Waals surface area contributed by atoms with Gasteiger partial charge in [0.2, 0.25) is 0 Å². The highest BCUT2D eigenvalue weighted by atomic mass is 16.5. The van der Waals surface area contributed by atoms with Gasteiger partial charge in [0.1, 0.15) is 11.5 Å². The van der Waals surface area contributed by atoms with Crippen molar-refractivity contribution < 1.29 is 9.53 Å². The van der Waals surface area contributed by atoms with Crippen molar-refractivity contribution in [1.82, 2.24) is 15.3 Å². The number of pyridine rings is 2. The zero-order valence-electron chi connectivity index (χ0n) is 15.4. The summed E-state index contributed by atoms with van der Waals surface area (Å²) in [4.78, 5) is 25.6. The SMILES string of the molecule is O=C(NCC1CCCO1)c1ccc(N2CCN(c3ccccn3)CC2)cn1. The van der Waals surface area contributed by atoms with Crippen LogP contribution in [0.15, 0.2) is 42.7 Å². The number of anilines is 2. The number of nitrogens with one attached hydrogen (secondary N) is 1. The smallest absolute Gasteiger partial charge is 0.269 e. The Morgan fingerprint density at radius 1 is 1.11 bits per heavy atom. The summed E-state index contributed by atoms with van der Waals surface area (Å²) in [5.74, 6) is 0.880. The lowest BCUT2D eigenvalue weighted by atomic mass is 10.2. The van der Waals surface area contributed by atoms with Crippen molar-refractivity contribution in [3.63, 3.8) is 0 Å². The van der Waals surface area contributed by atoms with Gasteiger partial charge < -0.3 is 19.9 Å². The molecule has 2 aromatic heterocycles. The molecule has 7 nitrogen and oxygen atoms in total. The first-order valence-corrected chi connectivity index (χ1v) is 9.56. The van der Waals surface area contributed by atoms with Gasteiger partial charge in [-0.15, -0.1) is 0 Å². The van der Waals surface area contributed by atoms with Gasteiger partial charge in [-0.05, 0) is 37.1 Å². The Kier molecular flexibility index (Phi) is 5.48. The number of hydrogen-bond acceptors (Lipinski definition) is 6. The second-order valence-corrected chi connectivity index (χ2v) is 6.91. The summed E-state index contributed by atoms with van der Waals surface area (Å²) < 4.78 is 5.53. The first kappa shape index (κ1) is 17.7. The molecule has 1 N–H and O–H groups in total. The van der Waals surface area contributed by atoms with Crippen LogP contribution in [0.2, 0.25) is 0 Å². The minimum Gasteiger partial charge on any atom is -0.376 e. The molecule has 1 unspecified atom stereocenters. The van der Waals surface area contributed by atoms with Crippen molar-refractivity contribution in [1.29, 1.82) is 0 Å². The molecule has 0 spiro atoms. The summed E-state index contributed by atoms with van der Waals surface area (Å²) in [6, 6.07) is 9.77. The number of rotatable bonds is 5. The molecule has 2 fully saturated rings. The maximum Gasteiger partial charge on any atom is 0.269 e. The second-order valence-electron chi connectivity index (χ2n) is 6.91. The summed E-state index contributed by atoms with van der Waals surface area (Å²) in [6.07, 6.45) is 5.84. The number of carbonyl (C=O) groups excluding carboxylic acids is 1. The Bertz CT molecular complexity index is 739. The lowest BCUT2D eigenvalue weighted by Crippen LogP contribution is -2.46. The molecular formula is C20H25N5O2. The quantitative estimate of drug-likeness (QED) is 0.868. The molecule has 4 rings (SSSR count). The normalized spacial score (nSPS) is 19.9. The fourth-order valence-electron chi connectivity index (χ4n) is 3.54. The van der Waals surface area contributed by atoms with Gasteiger partial charge in [0, 0.05) is 45.5 Å². The third kappa shape index (κ3) is 4.36. The number of piperazine rings is 1. The highest BCUT2D eigenvalue weighted by molar-refractivity contribution is 5.92. The third-order valence-corrected chi connectivity index (χ3v) is 5.11. The molecule has 0 aromatic carbocycles. The fraction of sp³-hybridized carbons (Fsp3) is 0.450. The highest BCUT2D eigenvalue weighted by Gasteiger charge is 2.20. The van der Waals surface area contributed by atoms with E-state index in [2.05, 4.69) is 25.1 Å². The van der Waals surface area contributed by atoms with E-state index >= 15 is 0 Å². The monoisotopic (exact) mass is 367 g/mol. The largest absolute Gasteiger partial charge is 0.376 e. The van der Waals surface area contributed by atoms with Crippen molar-refractivity contribution in [2.24, 2.45) is 0 Å².